The molecule has 0 saturated carbocycles. The van der Waals surface area contributed by atoms with E-state index in [0.717, 1.165) is 11.4 Å². The van der Waals surface area contributed by atoms with Crippen LogP contribution in [0.1, 0.15) is 48.3 Å². The van der Waals surface area contributed by atoms with Crippen LogP contribution in [0.3, 0.4) is 0 Å². The molecule has 4 nitrogen and oxygen atoms in total. The first-order valence-corrected chi connectivity index (χ1v) is 7.34. The molecule has 0 saturated heterocycles. The molecule has 0 fully saturated rings. The lowest BCUT2D eigenvalue weighted by atomic mass is 9.98. The highest BCUT2D eigenvalue weighted by Gasteiger charge is 2.23. The molecule has 1 aromatic heterocycles. The number of aryl methyl sites for hydroxylation is 2. The third kappa shape index (κ3) is 3.10. The maximum absolute atomic E-state index is 5.52. The molecule has 0 amide bonds. The first-order valence-electron chi connectivity index (χ1n) is 7.34. The fraction of sp³-hybridized carbons (Fsp3) is 0.471. The number of hydrogen-bond acceptors (Lipinski definition) is 3. The summed E-state index contributed by atoms with van der Waals surface area (Å²) in [7, 11) is 3.67. The van der Waals surface area contributed by atoms with Gasteiger partial charge in [0, 0.05) is 6.04 Å². The van der Waals surface area contributed by atoms with Crippen molar-refractivity contribution in [3.8, 4) is 5.75 Å². The maximum Gasteiger partial charge on any atom is 0.161 e. The molecule has 0 radical (unpaired) electrons. The van der Waals surface area contributed by atoms with Gasteiger partial charge in [-0.15, -0.1) is 0 Å². The Bertz CT molecular complexity index is 596. The SMILES string of the molecule is CNC(c1cc(C)cc(C)c1)c1c(OC)cnn1C(C)C. The Morgan fingerprint density at radius 3 is 2.24 bits per heavy atom. The number of nitrogens with zero attached hydrogens (tertiary/aromatic N) is 2. The van der Waals surface area contributed by atoms with Crippen molar-refractivity contribution >= 4 is 0 Å². The van der Waals surface area contributed by atoms with E-state index in [9.17, 15) is 0 Å². The van der Waals surface area contributed by atoms with Gasteiger partial charge < -0.3 is 10.1 Å². The molecular weight excluding hydrogens is 262 g/mol. The van der Waals surface area contributed by atoms with Gasteiger partial charge in [-0.1, -0.05) is 29.3 Å². The highest BCUT2D eigenvalue weighted by Crippen LogP contribution is 2.32. The molecule has 1 aromatic carbocycles. The zero-order valence-corrected chi connectivity index (χ0v) is 13.8. The lowest BCUT2D eigenvalue weighted by molar-refractivity contribution is 0.396. The smallest absolute Gasteiger partial charge is 0.161 e. The molecule has 114 valence electrons. The standard InChI is InChI=1S/C17H25N3O/c1-11(2)20-17(15(21-6)10-19-20)16(18-5)14-8-12(3)7-13(4)9-14/h7-11,16,18H,1-6H3. The quantitative estimate of drug-likeness (QED) is 0.916. The molecule has 0 aliphatic rings. The van der Waals surface area contributed by atoms with Crippen LogP contribution in [-0.2, 0) is 0 Å². The fourth-order valence-electron chi connectivity index (χ4n) is 2.84. The van der Waals surface area contributed by atoms with Crippen molar-refractivity contribution in [3.63, 3.8) is 0 Å². The summed E-state index contributed by atoms with van der Waals surface area (Å²) in [5, 5.41) is 7.88. The monoisotopic (exact) mass is 287 g/mol. The Labute approximate surface area is 127 Å². The van der Waals surface area contributed by atoms with Crippen LogP contribution >= 0.6 is 0 Å². The number of ether oxygens (including phenoxy) is 1. The molecule has 0 aliphatic heterocycles. The zero-order valence-electron chi connectivity index (χ0n) is 13.8. The number of rotatable bonds is 5. The van der Waals surface area contributed by atoms with Gasteiger partial charge in [-0.3, -0.25) is 4.68 Å². The van der Waals surface area contributed by atoms with E-state index >= 15 is 0 Å². The van der Waals surface area contributed by atoms with Crippen molar-refractivity contribution in [2.75, 3.05) is 14.2 Å². The van der Waals surface area contributed by atoms with E-state index in [1.54, 1.807) is 13.3 Å². The summed E-state index contributed by atoms with van der Waals surface area (Å²) in [5.74, 6) is 0.821. The summed E-state index contributed by atoms with van der Waals surface area (Å²) in [6.07, 6.45) is 1.79. The predicted molar refractivity (Wildman–Crippen MR) is 86.0 cm³/mol. The topological polar surface area (TPSA) is 39.1 Å². The van der Waals surface area contributed by atoms with E-state index in [4.69, 9.17) is 4.74 Å². The molecule has 0 aliphatic carbocycles. The summed E-state index contributed by atoms with van der Waals surface area (Å²) in [4.78, 5) is 0. The number of benzene rings is 1. The van der Waals surface area contributed by atoms with Crippen LogP contribution in [0.4, 0.5) is 0 Å². The van der Waals surface area contributed by atoms with E-state index < -0.39 is 0 Å². The number of hydrogen-bond donors (Lipinski definition) is 1. The highest BCUT2D eigenvalue weighted by molar-refractivity contribution is 5.39. The Kier molecular flexibility index (Phi) is 4.68. The first-order chi connectivity index (χ1) is 9.97. The number of methoxy groups -OCH3 is 1. The van der Waals surface area contributed by atoms with Crippen LogP contribution in [0.15, 0.2) is 24.4 Å². The van der Waals surface area contributed by atoms with Crippen molar-refractivity contribution in [2.45, 2.75) is 39.8 Å². The maximum atomic E-state index is 5.52. The van der Waals surface area contributed by atoms with Gasteiger partial charge in [-0.2, -0.15) is 5.10 Å². The molecule has 2 rings (SSSR count). The van der Waals surface area contributed by atoms with Gasteiger partial charge in [0.2, 0.25) is 0 Å². The van der Waals surface area contributed by atoms with Crippen LogP contribution in [0.25, 0.3) is 0 Å². The van der Waals surface area contributed by atoms with Gasteiger partial charge in [0.15, 0.2) is 5.75 Å². The normalized spacial score (nSPS) is 12.7. The molecule has 4 heteroatoms. The Morgan fingerprint density at radius 2 is 1.76 bits per heavy atom. The number of nitrogens with one attached hydrogen (secondary N) is 1. The van der Waals surface area contributed by atoms with Crippen LogP contribution in [-0.4, -0.2) is 23.9 Å². The van der Waals surface area contributed by atoms with Crippen molar-refractivity contribution in [3.05, 3.63) is 46.8 Å². The van der Waals surface area contributed by atoms with Crippen molar-refractivity contribution < 1.29 is 4.74 Å². The Morgan fingerprint density at radius 1 is 1.14 bits per heavy atom. The molecule has 1 unspecified atom stereocenters. The minimum Gasteiger partial charge on any atom is -0.493 e. The lowest BCUT2D eigenvalue weighted by Crippen LogP contribution is -2.23. The minimum atomic E-state index is 0.0587. The molecule has 21 heavy (non-hydrogen) atoms. The van der Waals surface area contributed by atoms with Gasteiger partial charge in [0.1, 0.15) is 5.69 Å². The van der Waals surface area contributed by atoms with E-state index in [1.165, 1.54) is 16.7 Å². The Balaban J connectivity index is 2.57. The van der Waals surface area contributed by atoms with Crippen molar-refractivity contribution in [2.24, 2.45) is 0 Å². The van der Waals surface area contributed by atoms with Gasteiger partial charge in [-0.05, 0) is 40.3 Å². The lowest BCUT2D eigenvalue weighted by Gasteiger charge is -2.22. The molecule has 0 bridgehead atoms. The zero-order chi connectivity index (χ0) is 15.6. The molecule has 1 N–H and O–H groups in total. The van der Waals surface area contributed by atoms with Crippen LogP contribution in [0.5, 0.6) is 5.75 Å². The van der Waals surface area contributed by atoms with E-state index in [1.807, 2.05) is 11.7 Å². The first kappa shape index (κ1) is 15.6. The van der Waals surface area contributed by atoms with Gasteiger partial charge in [-0.25, -0.2) is 0 Å². The third-order valence-corrected chi connectivity index (χ3v) is 3.65. The van der Waals surface area contributed by atoms with Gasteiger partial charge in [0.25, 0.3) is 0 Å². The third-order valence-electron chi connectivity index (χ3n) is 3.65. The van der Waals surface area contributed by atoms with Crippen LogP contribution in [0.2, 0.25) is 0 Å². The second-order valence-electron chi connectivity index (χ2n) is 5.78. The van der Waals surface area contributed by atoms with Crippen LogP contribution < -0.4 is 10.1 Å². The summed E-state index contributed by atoms with van der Waals surface area (Å²) in [6.45, 7) is 8.51. The summed E-state index contributed by atoms with van der Waals surface area (Å²) in [5.41, 5.74) is 4.83. The summed E-state index contributed by atoms with van der Waals surface area (Å²) < 4.78 is 7.54. The van der Waals surface area contributed by atoms with Crippen LogP contribution in [0, 0.1) is 13.8 Å². The highest BCUT2D eigenvalue weighted by atomic mass is 16.5. The van der Waals surface area contributed by atoms with Crippen molar-refractivity contribution in [1.82, 2.24) is 15.1 Å². The van der Waals surface area contributed by atoms with E-state index in [0.29, 0.717) is 0 Å². The van der Waals surface area contributed by atoms with Gasteiger partial charge >= 0.3 is 0 Å². The minimum absolute atomic E-state index is 0.0587. The second-order valence-corrected chi connectivity index (χ2v) is 5.78. The molecule has 2 aromatic rings. The Hall–Kier alpha value is -1.81. The van der Waals surface area contributed by atoms with E-state index in [-0.39, 0.29) is 12.1 Å². The van der Waals surface area contributed by atoms with E-state index in [2.05, 4.69) is 56.3 Å². The average Bonchev–Trinajstić information content (AvgIpc) is 2.82. The van der Waals surface area contributed by atoms with Gasteiger partial charge in [0.05, 0.1) is 19.3 Å². The summed E-state index contributed by atoms with van der Waals surface area (Å²) in [6, 6.07) is 6.96. The second kappa shape index (κ2) is 6.31. The number of aromatic nitrogens is 2. The predicted octanol–water partition coefficient (Wildman–Crippen LogP) is 3.40. The van der Waals surface area contributed by atoms with Crippen molar-refractivity contribution in [1.29, 1.82) is 0 Å². The largest absolute Gasteiger partial charge is 0.493 e. The molecule has 0 spiro atoms. The average molecular weight is 287 g/mol. The molecule has 1 heterocycles. The molecular formula is C17H25N3O. The fourth-order valence-corrected chi connectivity index (χ4v) is 2.84. The molecule has 1 atom stereocenters. The summed E-state index contributed by atoms with van der Waals surface area (Å²) >= 11 is 0.